The third-order valence-corrected chi connectivity index (χ3v) is 6.96. The molecule has 0 aliphatic carbocycles. The topological polar surface area (TPSA) is 105 Å². The number of hydrogen-bond donors (Lipinski definition) is 1. The fraction of sp³-hybridized carbons (Fsp3) is 0.520. The van der Waals surface area contributed by atoms with Crippen molar-refractivity contribution in [3.05, 3.63) is 48.2 Å². The number of fused-ring (bicyclic) bond motifs is 1. The predicted octanol–water partition coefficient (Wildman–Crippen LogP) is 3.28. The van der Waals surface area contributed by atoms with Crippen LogP contribution in [0.1, 0.15) is 53.0 Å². The molecule has 0 radical (unpaired) electrons. The largest absolute Gasteiger partial charge is 0.493 e. The van der Waals surface area contributed by atoms with E-state index in [1.165, 1.54) is 17.6 Å². The molecule has 1 aromatic heterocycles. The summed E-state index contributed by atoms with van der Waals surface area (Å²) in [6.45, 7) is 1.53. The number of oxazole rings is 1. The van der Waals surface area contributed by atoms with Crippen molar-refractivity contribution in [1.82, 2.24) is 20.1 Å². The second-order valence-corrected chi connectivity index (χ2v) is 9.47. The van der Waals surface area contributed by atoms with Crippen LogP contribution >= 0.6 is 0 Å². The van der Waals surface area contributed by atoms with Gasteiger partial charge in [-0.05, 0) is 43.2 Å². The number of carbonyl (C=O) groups is 3. The van der Waals surface area contributed by atoms with Gasteiger partial charge in [0.05, 0.1) is 12.2 Å². The van der Waals surface area contributed by atoms with Gasteiger partial charge in [0.2, 0.25) is 5.91 Å². The van der Waals surface area contributed by atoms with E-state index in [2.05, 4.69) is 10.3 Å². The molecule has 0 atom stereocenters. The lowest BCUT2D eigenvalue weighted by atomic mass is 9.75. The Hall–Kier alpha value is -3.57. The molecule has 3 amide bonds. The summed E-state index contributed by atoms with van der Waals surface area (Å²) in [7, 11) is 0. The number of rotatable bonds is 2. The number of piperidine rings is 1. The Morgan fingerprint density at radius 3 is 2.43 bits per heavy atom. The Morgan fingerprint density at radius 1 is 1.05 bits per heavy atom. The third kappa shape index (κ3) is 6.80. The average molecular weight is 523 g/mol. The van der Waals surface area contributed by atoms with Crippen LogP contribution in [0, 0.1) is 5.41 Å². The lowest BCUT2D eigenvalue weighted by Gasteiger charge is -2.43. The molecule has 12 heteroatoms. The van der Waals surface area contributed by atoms with Crippen LogP contribution in [0.5, 0.6) is 5.75 Å². The minimum atomic E-state index is -4.57. The Labute approximate surface area is 211 Å². The van der Waals surface area contributed by atoms with Crippen LogP contribution in [0.25, 0.3) is 0 Å². The van der Waals surface area contributed by atoms with Gasteiger partial charge in [0.1, 0.15) is 18.4 Å². The van der Waals surface area contributed by atoms with Crippen molar-refractivity contribution < 1.29 is 36.7 Å². The SMILES string of the molecule is O=C1NCC2(CCN(C(=O)CC(F)(F)F)CC2)CCN(C(=O)c2cocn2)CCCOc2ccccc21. The minimum absolute atomic E-state index is 0.141. The molecule has 1 N–H and O–H groups in total. The molecule has 37 heavy (non-hydrogen) atoms. The molecule has 1 spiro atoms. The number of nitrogens with one attached hydrogen (secondary N) is 1. The van der Waals surface area contributed by atoms with Crippen LogP contribution in [-0.2, 0) is 4.79 Å². The van der Waals surface area contributed by atoms with Gasteiger partial charge in [-0.3, -0.25) is 14.4 Å². The number of benzene rings is 1. The molecular weight excluding hydrogens is 493 g/mol. The molecule has 0 unspecified atom stereocenters. The summed E-state index contributed by atoms with van der Waals surface area (Å²) >= 11 is 0. The Balaban J connectivity index is 1.54. The van der Waals surface area contributed by atoms with E-state index < -0.39 is 23.9 Å². The quantitative estimate of drug-likeness (QED) is 0.649. The number of halogens is 3. The summed E-state index contributed by atoms with van der Waals surface area (Å²) in [5, 5.41) is 2.96. The first kappa shape index (κ1) is 26.5. The number of carbonyl (C=O) groups excluding carboxylic acids is 3. The van der Waals surface area contributed by atoms with E-state index in [4.69, 9.17) is 9.15 Å². The first-order valence-corrected chi connectivity index (χ1v) is 12.2. The van der Waals surface area contributed by atoms with Crippen LogP contribution < -0.4 is 10.1 Å². The van der Waals surface area contributed by atoms with E-state index in [1.807, 2.05) is 0 Å². The second kappa shape index (κ2) is 11.2. The number of ether oxygens (including phenoxy) is 1. The van der Waals surface area contributed by atoms with Crippen molar-refractivity contribution in [2.75, 3.05) is 39.3 Å². The zero-order chi connectivity index (χ0) is 26.5. The van der Waals surface area contributed by atoms with Crippen molar-refractivity contribution in [2.45, 2.75) is 38.3 Å². The smallest absolute Gasteiger partial charge is 0.397 e. The lowest BCUT2D eigenvalue weighted by molar-refractivity contribution is -0.163. The van der Waals surface area contributed by atoms with Gasteiger partial charge < -0.3 is 24.3 Å². The van der Waals surface area contributed by atoms with E-state index in [9.17, 15) is 27.6 Å². The molecule has 2 aliphatic rings. The van der Waals surface area contributed by atoms with Crippen molar-refractivity contribution in [3.63, 3.8) is 0 Å². The van der Waals surface area contributed by atoms with Crippen molar-refractivity contribution >= 4 is 17.7 Å². The molecule has 2 aromatic rings. The number of aromatic nitrogens is 1. The van der Waals surface area contributed by atoms with Gasteiger partial charge >= 0.3 is 6.18 Å². The fourth-order valence-corrected chi connectivity index (χ4v) is 4.78. The van der Waals surface area contributed by atoms with Gasteiger partial charge in [0.25, 0.3) is 11.8 Å². The molecule has 4 rings (SSSR count). The second-order valence-electron chi connectivity index (χ2n) is 9.47. The number of alkyl halides is 3. The molecule has 0 saturated carbocycles. The molecule has 1 aromatic carbocycles. The van der Waals surface area contributed by atoms with Gasteiger partial charge in [-0.15, -0.1) is 0 Å². The highest BCUT2D eigenvalue weighted by Gasteiger charge is 2.40. The van der Waals surface area contributed by atoms with E-state index in [-0.39, 0.29) is 43.7 Å². The molecule has 3 heterocycles. The maximum absolute atomic E-state index is 13.1. The van der Waals surface area contributed by atoms with Crippen molar-refractivity contribution in [2.24, 2.45) is 5.41 Å². The van der Waals surface area contributed by atoms with Gasteiger partial charge in [0.15, 0.2) is 12.1 Å². The summed E-state index contributed by atoms with van der Waals surface area (Å²) in [4.78, 5) is 45.1. The molecule has 9 nitrogen and oxygen atoms in total. The zero-order valence-corrected chi connectivity index (χ0v) is 20.3. The standard InChI is InChI=1S/C25H29F3N4O5/c26-25(27,28)14-21(33)31-10-6-24(7-11-31)8-12-32(23(35)19-15-36-17-30-19)9-3-13-37-20-5-2-1-4-18(20)22(34)29-16-24/h1-2,4-5,15,17H,3,6-14,16H2,(H,29,34). The van der Waals surface area contributed by atoms with Gasteiger partial charge in [-0.25, -0.2) is 4.98 Å². The number of para-hydroxylation sites is 1. The highest BCUT2D eigenvalue weighted by Crippen LogP contribution is 2.36. The van der Waals surface area contributed by atoms with E-state index >= 15 is 0 Å². The molecular formula is C25H29F3N4O5. The molecule has 1 saturated heterocycles. The number of nitrogens with zero attached hydrogens (tertiary/aromatic N) is 3. The highest BCUT2D eigenvalue weighted by atomic mass is 19.4. The number of hydrogen-bond acceptors (Lipinski definition) is 6. The molecule has 0 bridgehead atoms. The third-order valence-electron chi connectivity index (χ3n) is 6.96. The fourth-order valence-electron chi connectivity index (χ4n) is 4.78. The number of likely N-dealkylation sites (tertiary alicyclic amines) is 1. The van der Waals surface area contributed by atoms with Crippen LogP contribution in [0.2, 0.25) is 0 Å². The lowest BCUT2D eigenvalue weighted by Crippen LogP contribution is -2.50. The molecule has 2 aliphatic heterocycles. The summed E-state index contributed by atoms with van der Waals surface area (Å²) in [5.41, 5.74) is 0.0346. The first-order chi connectivity index (χ1) is 17.7. The van der Waals surface area contributed by atoms with Gasteiger partial charge in [-0.2, -0.15) is 13.2 Å². The minimum Gasteiger partial charge on any atom is -0.493 e. The Bertz CT molecular complexity index is 1100. The van der Waals surface area contributed by atoms with Crippen molar-refractivity contribution in [1.29, 1.82) is 0 Å². The van der Waals surface area contributed by atoms with Crippen LogP contribution in [0.15, 0.2) is 41.3 Å². The maximum atomic E-state index is 13.1. The first-order valence-electron chi connectivity index (χ1n) is 12.2. The summed E-state index contributed by atoms with van der Waals surface area (Å²) < 4.78 is 49.0. The Morgan fingerprint density at radius 2 is 1.76 bits per heavy atom. The highest BCUT2D eigenvalue weighted by molar-refractivity contribution is 5.97. The Kier molecular flexibility index (Phi) is 8.03. The van der Waals surface area contributed by atoms with Gasteiger partial charge in [0, 0.05) is 32.7 Å². The normalized spacial score (nSPS) is 19.1. The van der Waals surface area contributed by atoms with Gasteiger partial charge in [-0.1, -0.05) is 12.1 Å². The summed E-state index contributed by atoms with van der Waals surface area (Å²) in [6.07, 6.45) is -1.83. The average Bonchev–Trinajstić information content (AvgIpc) is 3.41. The van der Waals surface area contributed by atoms with E-state index in [0.29, 0.717) is 50.1 Å². The van der Waals surface area contributed by atoms with E-state index in [1.54, 1.807) is 29.2 Å². The van der Waals surface area contributed by atoms with E-state index in [0.717, 1.165) is 0 Å². The number of amides is 3. The monoisotopic (exact) mass is 522 g/mol. The predicted molar refractivity (Wildman–Crippen MR) is 125 cm³/mol. The summed E-state index contributed by atoms with van der Waals surface area (Å²) in [6, 6.07) is 6.86. The van der Waals surface area contributed by atoms with Crippen LogP contribution in [0.3, 0.4) is 0 Å². The summed E-state index contributed by atoms with van der Waals surface area (Å²) in [5.74, 6) is -1.15. The van der Waals surface area contributed by atoms with Crippen LogP contribution in [-0.4, -0.2) is 78.0 Å². The molecule has 200 valence electrons. The zero-order valence-electron chi connectivity index (χ0n) is 20.3. The van der Waals surface area contributed by atoms with Crippen molar-refractivity contribution in [3.8, 4) is 5.75 Å². The molecule has 1 fully saturated rings. The van der Waals surface area contributed by atoms with Crippen LogP contribution in [0.4, 0.5) is 13.2 Å². The maximum Gasteiger partial charge on any atom is 0.397 e.